The fourth-order valence-electron chi connectivity index (χ4n) is 2.56. The van der Waals surface area contributed by atoms with Gasteiger partial charge in [-0.15, -0.1) is 0 Å². The normalized spacial score (nSPS) is 12.2. The number of carbonyl (C=O) groups excluding carboxylic acids is 2. The third-order valence-corrected chi connectivity index (χ3v) is 3.44. The van der Waals surface area contributed by atoms with E-state index in [2.05, 4.69) is 15.3 Å². The van der Waals surface area contributed by atoms with Gasteiger partial charge in [0, 0.05) is 36.2 Å². The lowest BCUT2D eigenvalue weighted by molar-refractivity contribution is 0.0931. The van der Waals surface area contributed by atoms with E-state index < -0.39 is 0 Å². The Bertz CT molecular complexity index is 656. The highest BCUT2D eigenvalue weighted by Crippen LogP contribution is 2.18. The largest absolute Gasteiger partial charge is 0.354 e. The van der Waals surface area contributed by atoms with Crippen LogP contribution in [0.3, 0.4) is 0 Å². The first-order valence-corrected chi connectivity index (χ1v) is 6.86. The highest BCUT2D eigenvalue weighted by molar-refractivity contribution is 6.02. The monoisotopic (exact) mass is 288 g/mol. The number of H-pyrrole nitrogens is 1. The van der Waals surface area contributed by atoms with Gasteiger partial charge in [-0.2, -0.15) is 0 Å². The molecule has 0 bridgehead atoms. The van der Waals surface area contributed by atoms with E-state index >= 15 is 0 Å². The van der Waals surface area contributed by atoms with Crippen LogP contribution in [0.15, 0.2) is 18.7 Å². The molecule has 0 aromatic carbocycles. The quantitative estimate of drug-likeness (QED) is 0.824. The Hall–Kier alpha value is -2.37. The third kappa shape index (κ3) is 3.21. The van der Waals surface area contributed by atoms with Crippen molar-refractivity contribution in [2.24, 2.45) is 0 Å². The summed E-state index contributed by atoms with van der Waals surface area (Å²) in [5, 5.41) is 2.92. The molecule has 1 atom stereocenters. The smallest absolute Gasteiger partial charge is 0.268 e. The molecule has 0 saturated heterocycles. The number of imidazole rings is 1. The van der Waals surface area contributed by atoms with Gasteiger partial charge in [0.05, 0.1) is 6.33 Å². The van der Waals surface area contributed by atoms with Crippen molar-refractivity contribution in [3.63, 3.8) is 0 Å². The van der Waals surface area contributed by atoms with Gasteiger partial charge >= 0.3 is 0 Å². The van der Waals surface area contributed by atoms with Gasteiger partial charge in [0.25, 0.3) is 5.91 Å². The van der Waals surface area contributed by atoms with E-state index in [1.807, 2.05) is 17.7 Å². The maximum Gasteiger partial charge on any atom is 0.268 e. The lowest BCUT2D eigenvalue weighted by Gasteiger charge is -2.14. The van der Waals surface area contributed by atoms with Crippen LogP contribution in [0.5, 0.6) is 0 Å². The first-order chi connectivity index (χ1) is 9.90. The highest BCUT2D eigenvalue weighted by atomic mass is 16.2. The van der Waals surface area contributed by atoms with Gasteiger partial charge in [0.1, 0.15) is 5.69 Å². The van der Waals surface area contributed by atoms with Gasteiger partial charge < -0.3 is 14.9 Å². The number of nitrogens with zero attached hydrogens (tertiary/aromatic N) is 2. The van der Waals surface area contributed by atoms with Crippen molar-refractivity contribution in [2.45, 2.75) is 40.3 Å². The summed E-state index contributed by atoms with van der Waals surface area (Å²) in [4.78, 5) is 30.9. The van der Waals surface area contributed by atoms with Crippen molar-refractivity contribution in [2.75, 3.05) is 0 Å². The van der Waals surface area contributed by atoms with Crippen molar-refractivity contribution in [1.29, 1.82) is 0 Å². The molecule has 0 aliphatic carbocycles. The lowest BCUT2D eigenvalue weighted by atomic mass is 10.1. The Morgan fingerprint density at radius 2 is 2.14 bits per heavy atom. The average molecular weight is 288 g/mol. The molecule has 0 aliphatic rings. The molecule has 6 heteroatoms. The highest BCUT2D eigenvalue weighted by Gasteiger charge is 2.20. The van der Waals surface area contributed by atoms with Crippen molar-refractivity contribution >= 4 is 11.7 Å². The molecule has 2 heterocycles. The van der Waals surface area contributed by atoms with Crippen LogP contribution in [0.1, 0.15) is 46.0 Å². The number of Topliss-reactive ketones (excluding diaryl/α,β-unsaturated/α-hetero) is 1. The van der Waals surface area contributed by atoms with Gasteiger partial charge in [-0.25, -0.2) is 4.98 Å². The van der Waals surface area contributed by atoms with E-state index in [-0.39, 0.29) is 17.7 Å². The molecule has 0 saturated carbocycles. The van der Waals surface area contributed by atoms with E-state index in [1.54, 1.807) is 26.4 Å². The zero-order valence-electron chi connectivity index (χ0n) is 12.7. The molecule has 112 valence electrons. The number of hydrogen-bond acceptors (Lipinski definition) is 3. The second kappa shape index (κ2) is 5.95. The summed E-state index contributed by atoms with van der Waals surface area (Å²) in [5.74, 6) is -0.234. The molecule has 6 nitrogen and oxygen atoms in total. The minimum Gasteiger partial charge on any atom is -0.354 e. The number of hydrogen-bond donors (Lipinski definition) is 2. The van der Waals surface area contributed by atoms with Gasteiger partial charge in [-0.3, -0.25) is 9.59 Å². The van der Waals surface area contributed by atoms with Crippen LogP contribution in [0.4, 0.5) is 0 Å². The minimum absolute atomic E-state index is 0.0354. The van der Waals surface area contributed by atoms with Crippen molar-refractivity contribution in [3.05, 3.63) is 41.2 Å². The summed E-state index contributed by atoms with van der Waals surface area (Å²) in [6.45, 7) is 7.66. The molecule has 0 unspecified atom stereocenters. The number of ketones is 1. The number of nitrogens with one attached hydrogen (secondary N) is 2. The van der Waals surface area contributed by atoms with Crippen LogP contribution in [0.2, 0.25) is 0 Å². The second-order valence-corrected chi connectivity index (χ2v) is 5.32. The summed E-state index contributed by atoms with van der Waals surface area (Å²) >= 11 is 0. The molecule has 0 radical (unpaired) electrons. The van der Waals surface area contributed by atoms with Crippen LogP contribution < -0.4 is 5.32 Å². The number of carbonyl (C=O) groups is 2. The van der Waals surface area contributed by atoms with E-state index in [1.165, 1.54) is 6.92 Å². The molecule has 0 spiro atoms. The lowest BCUT2D eigenvalue weighted by Crippen LogP contribution is -2.36. The predicted molar refractivity (Wildman–Crippen MR) is 79.4 cm³/mol. The van der Waals surface area contributed by atoms with Crippen LogP contribution in [0, 0.1) is 13.8 Å². The fraction of sp³-hybridized carbons (Fsp3) is 0.400. The summed E-state index contributed by atoms with van der Waals surface area (Å²) in [7, 11) is 0. The maximum atomic E-state index is 12.3. The van der Waals surface area contributed by atoms with Crippen LogP contribution in [-0.2, 0) is 6.54 Å². The Morgan fingerprint density at radius 1 is 1.43 bits per heavy atom. The molecule has 2 aromatic heterocycles. The van der Waals surface area contributed by atoms with Gasteiger partial charge in [0.2, 0.25) is 0 Å². The predicted octanol–water partition coefficient (Wildman–Crippen LogP) is 1.85. The molecule has 21 heavy (non-hydrogen) atoms. The van der Waals surface area contributed by atoms with Crippen LogP contribution in [-0.4, -0.2) is 32.3 Å². The Kier molecular flexibility index (Phi) is 4.26. The Labute approximate surface area is 123 Å². The topological polar surface area (TPSA) is 79.8 Å². The standard InChI is InChI=1S/C15H20N4O2/c1-9(7-19-6-5-16-8-19)17-15(21)14-10(2)13(12(4)20)11(3)18-14/h5-6,8-9,18H,7H2,1-4H3,(H,17,21)/t9-/m0/s1. The first-order valence-electron chi connectivity index (χ1n) is 6.86. The fourth-order valence-corrected chi connectivity index (χ4v) is 2.56. The molecule has 2 rings (SSSR count). The van der Waals surface area contributed by atoms with Crippen molar-refractivity contribution in [1.82, 2.24) is 19.9 Å². The van der Waals surface area contributed by atoms with E-state index in [9.17, 15) is 9.59 Å². The average Bonchev–Trinajstić information content (AvgIpc) is 2.97. The molecule has 1 amide bonds. The molecule has 0 fully saturated rings. The first kappa shape index (κ1) is 15.0. The molecule has 2 aromatic rings. The van der Waals surface area contributed by atoms with E-state index in [4.69, 9.17) is 0 Å². The number of amides is 1. The number of rotatable bonds is 5. The number of aromatic nitrogens is 3. The minimum atomic E-state index is -0.198. The maximum absolute atomic E-state index is 12.3. The number of aryl methyl sites for hydroxylation is 1. The van der Waals surface area contributed by atoms with Gasteiger partial charge in [-0.05, 0) is 33.3 Å². The summed E-state index contributed by atoms with van der Waals surface area (Å²) in [5.41, 5.74) is 2.48. The van der Waals surface area contributed by atoms with Gasteiger partial charge in [0.15, 0.2) is 5.78 Å². The summed E-state index contributed by atoms with van der Waals surface area (Å²) < 4.78 is 1.90. The molecular formula is C15H20N4O2. The molecule has 2 N–H and O–H groups in total. The van der Waals surface area contributed by atoms with E-state index in [0.29, 0.717) is 23.4 Å². The third-order valence-electron chi connectivity index (χ3n) is 3.44. The number of aromatic amines is 1. The zero-order chi connectivity index (χ0) is 15.6. The second-order valence-electron chi connectivity index (χ2n) is 5.32. The van der Waals surface area contributed by atoms with Gasteiger partial charge in [-0.1, -0.05) is 0 Å². The van der Waals surface area contributed by atoms with Crippen LogP contribution in [0.25, 0.3) is 0 Å². The Morgan fingerprint density at radius 3 is 2.67 bits per heavy atom. The Balaban J connectivity index is 2.10. The zero-order valence-corrected chi connectivity index (χ0v) is 12.7. The summed E-state index contributed by atoms with van der Waals surface area (Å²) in [6.07, 6.45) is 5.26. The van der Waals surface area contributed by atoms with Crippen molar-refractivity contribution < 1.29 is 9.59 Å². The SMILES string of the molecule is CC(=O)c1c(C)[nH]c(C(=O)N[C@@H](C)Cn2ccnc2)c1C. The molecule has 0 aliphatic heterocycles. The molecular weight excluding hydrogens is 268 g/mol. The van der Waals surface area contributed by atoms with Crippen molar-refractivity contribution in [3.8, 4) is 0 Å². The van der Waals surface area contributed by atoms with E-state index in [0.717, 1.165) is 5.69 Å². The van der Waals surface area contributed by atoms with Crippen LogP contribution >= 0.6 is 0 Å². The summed E-state index contributed by atoms with van der Waals surface area (Å²) in [6, 6.07) is -0.0458.